The van der Waals surface area contributed by atoms with Crippen molar-refractivity contribution in [3.05, 3.63) is 57.8 Å². The molecule has 1 amide bonds. The molecule has 7 heteroatoms. The molecule has 3 rings (SSSR count). The first-order valence-electron chi connectivity index (χ1n) is 7.73. The third-order valence-corrected chi connectivity index (χ3v) is 3.97. The predicted octanol–water partition coefficient (Wildman–Crippen LogP) is 3.33. The highest BCUT2D eigenvalue weighted by atomic mass is 16.6. The van der Waals surface area contributed by atoms with Crippen LogP contribution >= 0.6 is 0 Å². The largest absolute Gasteiger partial charge is 0.439 e. The molecule has 124 valence electrons. The molecule has 24 heavy (non-hydrogen) atoms. The molecule has 0 aliphatic carbocycles. The number of likely N-dealkylation sites (tertiary alicyclic amines) is 1. The molecule has 1 aromatic heterocycles. The van der Waals surface area contributed by atoms with Gasteiger partial charge in [0.25, 0.3) is 11.6 Å². The number of pyridine rings is 1. The lowest BCUT2D eigenvalue weighted by Gasteiger charge is -2.15. The van der Waals surface area contributed by atoms with E-state index in [4.69, 9.17) is 4.74 Å². The molecule has 2 heterocycles. The van der Waals surface area contributed by atoms with Crippen LogP contribution in [0.2, 0.25) is 0 Å². The Kier molecular flexibility index (Phi) is 4.41. The Hall–Kier alpha value is -2.96. The Labute approximate surface area is 139 Å². The minimum absolute atomic E-state index is 0.0309. The van der Waals surface area contributed by atoms with Crippen LogP contribution in [0.1, 0.15) is 28.8 Å². The lowest BCUT2D eigenvalue weighted by Crippen LogP contribution is -2.27. The highest BCUT2D eigenvalue weighted by molar-refractivity contribution is 5.94. The lowest BCUT2D eigenvalue weighted by atomic mass is 10.2. The number of benzene rings is 1. The molecular formula is C17H17N3O4. The number of rotatable bonds is 4. The van der Waals surface area contributed by atoms with Crippen molar-refractivity contribution in [2.24, 2.45) is 0 Å². The molecule has 0 atom stereocenters. The second-order valence-electron chi connectivity index (χ2n) is 5.69. The molecule has 0 radical (unpaired) electrons. The number of aryl methyl sites for hydroxylation is 1. The van der Waals surface area contributed by atoms with E-state index in [1.807, 2.05) is 4.90 Å². The van der Waals surface area contributed by atoms with E-state index >= 15 is 0 Å². The second kappa shape index (κ2) is 6.66. The molecule has 1 aromatic carbocycles. The van der Waals surface area contributed by atoms with Crippen LogP contribution in [0.5, 0.6) is 11.6 Å². The fourth-order valence-electron chi connectivity index (χ4n) is 2.66. The topological polar surface area (TPSA) is 85.6 Å². The van der Waals surface area contributed by atoms with Gasteiger partial charge < -0.3 is 9.64 Å². The van der Waals surface area contributed by atoms with Gasteiger partial charge in [-0.25, -0.2) is 4.98 Å². The number of hydrogen-bond acceptors (Lipinski definition) is 5. The van der Waals surface area contributed by atoms with Gasteiger partial charge in [0.2, 0.25) is 5.88 Å². The highest BCUT2D eigenvalue weighted by Gasteiger charge is 2.19. The molecule has 1 aliphatic rings. The van der Waals surface area contributed by atoms with Crippen molar-refractivity contribution < 1.29 is 14.5 Å². The maximum Gasteiger partial charge on any atom is 0.290 e. The van der Waals surface area contributed by atoms with Crippen molar-refractivity contribution in [2.45, 2.75) is 19.8 Å². The number of amides is 1. The number of ether oxygens (including phenoxy) is 1. The summed E-state index contributed by atoms with van der Waals surface area (Å²) in [6, 6.07) is 8.34. The fourth-order valence-corrected chi connectivity index (χ4v) is 2.66. The molecule has 7 nitrogen and oxygen atoms in total. The number of hydrogen-bond donors (Lipinski definition) is 0. The van der Waals surface area contributed by atoms with Crippen LogP contribution in [-0.4, -0.2) is 33.8 Å². The number of nitro groups is 1. The summed E-state index contributed by atoms with van der Waals surface area (Å²) in [7, 11) is 0. The van der Waals surface area contributed by atoms with E-state index in [1.54, 1.807) is 31.2 Å². The standard InChI is InChI=1S/C17H17N3O4/c1-12-10-16(18-11-15(12)20(22)23)24-14-6-4-13(5-7-14)17(21)19-8-2-3-9-19/h4-7,10-11H,2-3,8-9H2,1H3. The van der Waals surface area contributed by atoms with E-state index in [-0.39, 0.29) is 17.5 Å². The highest BCUT2D eigenvalue weighted by Crippen LogP contribution is 2.25. The van der Waals surface area contributed by atoms with Crippen LogP contribution in [0.3, 0.4) is 0 Å². The second-order valence-corrected chi connectivity index (χ2v) is 5.69. The number of aromatic nitrogens is 1. The average molecular weight is 327 g/mol. The summed E-state index contributed by atoms with van der Waals surface area (Å²) in [5, 5.41) is 10.8. The van der Waals surface area contributed by atoms with Crippen LogP contribution in [-0.2, 0) is 0 Å². The molecule has 0 bridgehead atoms. The van der Waals surface area contributed by atoms with Gasteiger partial charge in [-0.3, -0.25) is 14.9 Å². The average Bonchev–Trinajstić information content (AvgIpc) is 3.09. The van der Waals surface area contributed by atoms with Gasteiger partial charge in [-0.1, -0.05) is 0 Å². The monoisotopic (exact) mass is 327 g/mol. The lowest BCUT2D eigenvalue weighted by molar-refractivity contribution is -0.385. The zero-order valence-electron chi connectivity index (χ0n) is 13.3. The number of nitrogens with zero attached hydrogens (tertiary/aromatic N) is 3. The zero-order chi connectivity index (χ0) is 17.1. The molecule has 1 aliphatic heterocycles. The summed E-state index contributed by atoms with van der Waals surface area (Å²) in [5.41, 5.74) is 1.05. The van der Waals surface area contributed by atoms with Crippen molar-refractivity contribution >= 4 is 11.6 Å². The predicted molar refractivity (Wildman–Crippen MR) is 87.3 cm³/mol. The Morgan fingerprint density at radius 2 is 1.92 bits per heavy atom. The summed E-state index contributed by atoms with van der Waals surface area (Å²) < 4.78 is 5.60. The molecule has 2 aromatic rings. The summed E-state index contributed by atoms with van der Waals surface area (Å²) in [5.74, 6) is 0.828. The first-order chi connectivity index (χ1) is 11.5. The van der Waals surface area contributed by atoms with Crippen molar-refractivity contribution in [1.29, 1.82) is 0 Å². The van der Waals surface area contributed by atoms with Gasteiger partial charge in [-0.15, -0.1) is 0 Å². The van der Waals surface area contributed by atoms with Crippen LogP contribution in [0.25, 0.3) is 0 Å². The van der Waals surface area contributed by atoms with Gasteiger partial charge >= 0.3 is 0 Å². The van der Waals surface area contributed by atoms with E-state index in [2.05, 4.69) is 4.98 Å². The quantitative estimate of drug-likeness (QED) is 0.635. The van der Waals surface area contributed by atoms with Crippen LogP contribution in [0, 0.1) is 17.0 Å². The Balaban J connectivity index is 1.71. The number of carbonyl (C=O) groups is 1. The van der Waals surface area contributed by atoms with Crippen LogP contribution in [0.4, 0.5) is 5.69 Å². The summed E-state index contributed by atoms with van der Waals surface area (Å²) in [6.45, 7) is 3.25. The van der Waals surface area contributed by atoms with E-state index in [9.17, 15) is 14.9 Å². The summed E-state index contributed by atoms with van der Waals surface area (Å²) in [4.78, 5) is 28.4. The van der Waals surface area contributed by atoms with Gasteiger partial charge in [0.15, 0.2) is 0 Å². The van der Waals surface area contributed by atoms with Gasteiger partial charge in [0.1, 0.15) is 11.9 Å². The van der Waals surface area contributed by atoms with E-state index in [1.165, 1.54) is 12.3 Å². The molecule has 0 N–H and O–H groups in total. The van der Waals surface area contributed by atoms with Gasteiger partial charge in [-0.2, -0.15) is 0 Å². The maximum absolute atomic E-state index is 12.3. The molecule has 1 fully saturated rings. The SMILES string of the molecule is Cc1cc(Oc2ccc(C(=O)N3CCCC3)cc2)ncc1[N+](=O)[O-]. The Morgan fingerprint density at radius 1 is 1.25 bits per heavy atom. The van der Waals surface area contributed by atoms with Crippen molar-refractivity contribution in [3.63, 3.8) is 0 Å². The third kappa shape index (κ3) is 3.34. The Morgan fingerprint density at radius 3 is 2.50 bits per heavy atom. The smallest absolute Gasteiger partial charge is 0.290 e. The summed E-state index contributed by atoms with van der Waals surface area (Å²) >= 11 is 0. The zero-order valence-corrected chi connectivity index (χ0v) is 13.3. The molecule has 1 saturated heterocycles. The summed E-state index contributed by atoms with van der Waals surface area (Å²) in [6.07, 6.45) is 3.28. The van der Waals surface area contributed by atoms with Gasteiger partial charge in [0, 0.05) is 30.3 Å². The minimum Gasteiger partial charge on any atom is -0.439 e. The number of carbonyl (C=O) groups excluding carboxylic acids is 1. The normalized spacial score (nSPS) is 13.8. The Bertz CT molecular complexity index is 768. The van der Waals surface area contributed by atoms with Crippen molar-refractivity contribution in [2.75, 3.05) is 13.1 Å². The van der Waals surface area contributed by atoms with E-state index in [0.717, 1.165) is 25.9 Å². The molecule has 0 unspecified atom stereocenters. The molecule has 0 spiro atoms. The van der Waals surface area contributed by atoms with Crippen LogP contribution in [0.15, 0.2) is 36.5 Å². The maximum atomic E-state index is 12.3. The van der Waals surface area contributed by atoms with Crippen LogP contribution < -0.4 is 4.74 Å². The van der Waals surface area contributed by atoms with Gasteiger partial charge in [-0.05, 0) is 44.0 Å². The van der Waals surface area contributed by atoms with Gasteiger partial charge in [0.05, 0.1) is 4.92 Å². The van der Waals surface area contributed by atoms with E-state index in [0.29, 0.717) is 16.9 Å². The minimum atomic E-state index is -0.481. The fraction of sp³-hybridized carbons (Fsp3) is 0.294. The third-order valence-electron chi connectivity index (χ3n) is 3.97. The first kappa shape index (κ1) is 15.9. The first-order valence-corrected chi connectivity index (χ1v) is 7.73. The van der Waals surface area contributed by atoms with Crippen molar-refractivity contribution in [1.82, 2.24) is 9.88 Å². The van der Waals surface area contributed by atoms with Crippen molar-refractivity contribution in [3.8, 4) is 11.6 Å². The molecular weight excluding hydrogens is 310 g/mol. The molecule has 0 saturated carbocycles. The van der Waals surface area contributed by atoms with E-state index < -0.39 is 4.92 Å².